The molecule has 0 saturated carbocycles. The molecule has 2 rings (SSSR count). The first-order valence-corrected chi connectivity index (χ1v) is 7.67. The Bertz CT molecular complexity index is 744. The monoisotopic (exact) mass is 376 g/mol. The molecule has 2 aromatic carbocycles. The zero-order valence-electron chi connectivity index (χ0n) is 13.1. The van der Waals surface area contributed by atoms with E-state index < -0.39 is 0 Å². The number of nitrogens with zero attached hydrogens (tertiary/aromatic N) is 1. The number of benzene rings is 2. The first-order chi connectivity index (χ1) is 11.1. The van der Waals surface area contributed by atoms with Gasteiger partial charge in [-0.1, -0.05) is 12.1 Å². The standard InChI is InChI=1S/C17H17BrN2O3/c1-11(12-8-9-15(22-2)16(10-12)23-3)19-20-17(21)13-6-4-5-7-14(13)18/h4-10H,1-3H3,(H,20,21)/b19-11+. The minimum Gasteiger partial charge on any atom is -0.493 e. The van der Waals surface area contributed by atoms with Gasteiger partial charge in [0.2, 0.25) is 0 Å². The lowest BCUT2D eigenvalue weighted by atomic mass is 10.1. The lowest BCUT2D eigenvalue weighted by molar-refractivity contribution is 0.0954. The highest BCUT2D eigenvalue weighted by atomic mass is 79.9. The minimum absolute atomic E-state index is 0.280. The van der Waals surface area contributed by atoms with Gasteiger partial charge in [0.1, 0.15) is 0 Å². The molecular formula is C17H17BrN2O3. The van der Waals surface area contributed by atoms with E-state index in [1.807, 2.05) is 25.1 Å². The SMILES string of the molecule is COc1ccc(/C(C)=N/NC(=O)c2ccccc2Br)cc1OC. The van der Waals surface area contributed by atoms with E-state index in [-0.39, 0.29) is 5.91 Å². The topological polar surface area (TPSA) is 59.9 Å². The molecule has 0 radical (unpaired) electrons. The molecule has 0 saturated heterocycles. The molecule has 6 heteroatoms. The fourth-order valence-corrected chi connectivity index (χ4v) is 2.43. The molecular weight excluding hydrogens is 360 g/mol. The number of ether oxygens (including phenoxy) is 2. The van der Waals surface area contributed by atoms with E-state index in [0.717, 1.165) is 10.0 Å². The summed E-state index contributed by atoms with van der Waals surface area (Å²) in [5, 5.41) is 4.14. The van der Waals surface area contributed by atoms with Crippen molar-refractivity contribution in [2.24, 2.45) is 5.10 Å². The van der Waals surface area contributed by atoms with Crippen molar-refractivity contribution >= 4 is 27.5 Å². The van der Waals surface area contributed by atoms with E-state index in [9.17, 15) is 4.79 Å². The van der Waals surface area contributed by atoms with Crippen LogP contribution in [-0.2, 0) is 0 Å². The van der Waals surface area contributed by atoms with Crippen LogP contribution in [0.3, 0.4) is 0 Å². The molecule has 0 atom stereocenters. The van der Waals surface area contributed by atoms with Gasteiger partial charge in [-0.25, -0.2) is 5.43 Å². The summed E-state index contributed by atoms with van der Waals surface area (Å²) in [6.07, 6.45) is 0. The Hall–Kier alpha value is -2.34. The van der Waals surface area contributed by atoms with Gasteiger partial charge in [-0.05, 0) is 53.2 Å². The van der Waals surface area contributed by atoms with Gasteiger partial charge in [-0.2, -0.15) is 5.10 Å². The molecule has 0 bridgehead atoms. The number of rotatable bonds is 5. The smallest absolute Gasteiger partial charge is 0.272 e. The van der Waals surface area contributed by atoms with Crippen molar-refractivity contribution in [3.8, 4) is 11.5 Å². The van der Waals surface area contributed by atoms with Crippen LogP contribution >= 0.6 is 15.9 Å². The van der Waals surface area contributed by atoms with Crippen molar-refractivity contribution < 1.29 is 14.3 Å². The van der Waals surface area contributed by atoms with Gasteiger partial charge in [0.15, 0.2) is 11.5 Å². The van der Waals surface area contributed by atoms with Crippen molar-refractivity contribution in [1.82, 2.24) is 5.43 Å². The lowest BCUT2D eigenvalue weighted by Gasteiger charge is -2.09. The number of methoxy groups -OCH3 is 2. The summed E-state index contributed by atoms with van der Waals surface area (Å²) in [7, 11) is 3.15. The fraction of sp³-hybridized carbons (Fsp3) is 0.176. The van der Waals surface area contributed by atoms with Crippen LogP contribution < -0.4 is 14.9 Å². The maximum Gasteiger partial charge on any atom is 0.272 e. The quantitative estimate of drug-likeness (QED) is 0.640. The van der Waals surface area contributed by atoms with Gasteiger partial charge in [0, 0.05) is 10.0 Å². The van der Waals surface area contributed by atoms with Gasteiger partial charge in [0.25, 0.3) is 5.91 Å². The number of nitrogens with one attached hydrogen (secondary N) is 1. The minimum atomic E-state index is -0.280. The van der Waals surface area contributed by atoms with Gasteiger partial charge in [0.05, 0.1) is 25.5 Å². The molecule has 0 aliphatic rings. The van der Waals surface area contributed by atoms with Crippen LogP contribution in [0.15, 0.2) is 52.0 Å². The van der Waals surface area contributed by atoms with Crippen molar-refractivity contribution in [3.05, 3.63) is 58.1 Å². The molecule has 23 heavy (non-hydrogen) atoms. The number of carbonyl (C=O) groups is 1. The van der Waals surface area contributed by atoms with Crippen molar-refractivity contribution in [3.63, 3.8) is 0 Å². The van der Waals surface area contributed by atoms with Crippen LogP contribution in [0.25, 0.3) is 0 Å². The second kappa shape index (κ2) is 7.78. The summed E-state index contributed by atoms with van der Waals surface area (Å²) < 4.78 is 11.2. The summed E-state index contributed by atoms with van der Waals surface area (Å²) in [6, 6.07) is 12.6. The lowest BCUT2D eigenvalue weighted by Crippen LogP contribution is -2.19. The second-order valence-corrected chi connectivity index (χ2v) is 5.54. The Labute approximate surface area is 143 Å². The molecule has 5 nitrogen and oxygen atoms in total. The molecule has 0 unspecified atom stereocenters. The molecule has 0 spiro atoms. The molecule has 1 amide bonds. The predicted molar refractivity (Wildman–Crippen MR) is 93.4 cm³/mol. The van der Waals surface area contributed by atoms with Crippen LogP contribution in [0, 0.1) is 0 Å². The highest BCUT2D eigenvalue weighted by molar-refractivity contribution is 9.10. The van der Waals surface area contributed by atoms with E-state index in [1.165, 1.54) is 0 Å². The first-order valence-electron chi connectivity index (χ1n) is 6.88. The second-order valence-electron chi connectivity index (χ2n) is 4.69. The molecule has 0 aliphatic carbocycles. The Morgan fingerprint density at radius 2 is 1.78 bits per heavy atom. The summed E-state index contributed by atoms with van der Waals surface area (Å²) in [5.74, 6) is 0.968. The Morgan fingerprint density at radius 3 is 2.43 bits per heavy atom. The zero-order valence-corrected chi connectivity index (χ0v) is 14.7. The normalized spacial score (nSPS) is 11.0. The van der Waals surface area contributed by atoms with E-state index in [2.05, 4.69) is 26.5 Å². The molecule has 0 heterocycles. The number of hydrazone groups is 1. The van der Waals surface area contributed by atoms with Gasteiger partial charge in [-0.15, -0.1) is 0 Å². The maximum atomic E-state index is 12.1. The van der Waals surface area contributed by atoms with Gasteiger partial charge < -0.3 is 9.47 Å². The van der Waals surface area contributed by atoms with Crippen molar-refractivity contribution in [1.29, 1.82) is 0 Å². The number of hydrogen-bond acceptors (Lipinski definition) is 4. The predicted octanol–water partition coefficient (Wildman–Crippen LogP) is 3.62. The molecule has 0 fully saturated rings. The number of halogens is 1. The largest absolute Gasteiger partial charge is 0.493 e. The number of hydrogen-bond donors (Lipinski definition) is 1. The van der Waals surface area contributed by atoms with E-state index in [4.69, 9.17) is 9.47 Å². The zero-order chi connectivity index (χ0) is 16.8. The highest BCUT2D eigenvalue weighted by Crippen LogP contribution is 2.27. The highest BCUT2D eigenvalue weighted by Gasteiger charge is 2.10. The van der Waals surface area contributed by atoms with Crippen molar-refractivity contribution in [2.75, 3.05) is 14.2 Å². The Kier molecular flexibility index (Phi) is 5.76. The van der Waals surface area contributed by atoms with Crippen molar-refractivity contribution in [2.45, 2.75) is 6.92 Å². The Balaban J connectivity index is 2.17. The van der Waals surface area contributed by atoms with Crippen LogP contribution in [0.4, 0.5) is 0 Å². The molecule has 1 N–H and O–H groups in total. The summed E-state index contributed by atoms with van der Waals surface area (Å²) >= 11 is 3.34. The third-order valence-corrected chi connectivity index (χ3v) is 3.94. The summed E-state index contributed by atoms with van der Waals surface area (Å²) in [5.41, 5.74) is 4.56. The number of amides is 1. The Morgan fingerprint density at radius 1 is 1.09 bits per heavy atom. The van der Waals surface area contributed by atoms with Gasteiger partial charge >= 0.3 is 0 Å². The third-order valence-electron chi connectivity index (χ3n) is 3.24. The fourth-order valence-electron chi connectivity index (χ4n) is 1.97. The number of carbonyl (C=O) groups excluding carboxylic acids is 1. The summed E-state index contributed by atoms with van der Waals surface area (Å²) in [4.78, 5) is 12.1. The molecule has 120 valence electrons. The van der Waals surface area contributed by atoms with Crippen LogP contribution in [0.2, 0.25) is 0 Å². The van der Waals surface area contributed by atoms with Crippen LogP contribution in [-0.4, -0.2) is 25.8 Å². The molecule has 2 aromatic rings. The van der Waals surface area contributed by atoms with E-state index >= 15 is 0 Å². The molecule has 0 aliphatic heterocycles. The van der Waals surface area contributed by atoms with E-state index in [1.54, 1.807) is 38.5 Å². The first kappa shape index (κ1) is 17.0. The van der Waals surface area contributed by atoms with Crippen LogP contribution in [0.1, 0.15) is 22.8 Å². The third kappa shape index (κ3) is 4.10. The molecule has 0 aromatic heterocycles. The maximum absolute atomic E-state index is 12.1. The summed E-state index contributed by atoms with van der Waals surface area (Å²) in [6.45, 7) is 1.81. The van der Waals surface area contributed by atoms with E-state index in [0.29, 0.717) is 22.8 Å². The van der Waals surface area contributed by atoms with Crippen LogP contribution in [0.5, 0.6) is 11.5 Å². The average molecular weight is 377 g/mol. The van der Waals surface area contributed by atoms with Gasteiger partial charge in [-0.3, -0.25) is 4.79 Å². The average Bonchev–Trinajstić information content (AvgIpc) is 2.59.